The Hall–Kier alpha value is -0.0900. The highest BCUT2D eigenvalue weighted by Crippen LogP contribution is 2.43. The summed E-state index contributed by atoms with van der Waals surface area (Å²) in [5.41, 5.74) is 0.333. The summed E-state index contributed by atoms with van der Waals surface area (Å²) in [6.45, 7) is 11.6. The lowest BCUT2D eigenvalue weighted by Crippen LogP contribution is -2.37. The van der Waals surface area contributed by atoms with Crippen LogP contribution in [0.1, 0.15) is 60.3 Å². The Bertz CT molecular complexity index is 409. The number of nitrogens with one attached hydrogen (secondary N) is 1. The van der Waals surface area contributed by atoms with Gasteiger partial charge in [-0.15, -0.1) is 0 Å². The van der Waals surface area contributed by atoms with Crippen molar-refractivity contribution in [2.75, 3.05) is 19.3 Å². The van der Waals surface area contributed by atoms with Gasteiger partial charge in [0.2, 0.25) is 0 Å². The molecule has 0 heterocycles. The van der Waals surface area contributed by atoms with Gasteiger partial charge in [0.1, 0.15) is 0 Å². The highest BCUT2D eigenvalue weighted by Gasteiger charge is 2.36. The Kier molecular flexibility index (Phi) is 6.73. The van der Waals surface area contributed by atoms with Crippen LogP contribution in [0.15, 0.2) is 0 Å². The molecule has 3 atom stereocenters. The molecule has 1 N–H and O–H groups in total. The molecular weight excluding hydrogens is 282 g/mol. The van der Waals surface area contributed by atoms with Crippen LogP contribution < -0.4 is 5.32 Å². The molecule has 0 aromatic rings. The van der Waals surface area contributed by atoms with Crippen molar-refractivity contribution in [3.05, 3.63) is 0 Å². The molecule has 3 nitrogen and oxygen atoms in total. The van der Waals surface area contributed by atoms with Crippen molar-refractivity contribution in [3.63, 3.8) is 0 Å². The molecule has 4 heteroatoms. The van der Waals surface area contributed by atoms with E-state index in [0.29, 0.717) is 23.0 Å². The molecule has 126 valence electrons. The second-order valence-corrected chi connectivity index (χ2v) is 10.8. The van der Waals surface area contributed by atoms with Crippen molar-refractivity contribution in [2.45, 2.75) is 65.6 Å². The number of hydrogen-bond donors (Lipinski definition) is 1. The molecule has 0 saturated heterocycles. The smallest absolute Gasteiger partial charge is 0.152 e. The van der Waals surface area contributed by atoms with E-state index < -0.39 is 9.84 Å². The van der Waals surface area contributed by atoms with Gasteiger partial charge in [0.25, 0.3) is 0 Å². The van der Waals surface area contributed by atoms with Gasteiger partial charge in [-0.2, -0.15) is 0 Å². The average molecular weight is 318 g/mol. The largest absolute Gasteiger partial charge is 0.319 e. The first kappa shape index (κ1) is 19.0. The van der Waals surface area contributed by atoms with Crippen molar-refractivity contribution in [3.8, 4) is 0 Å². The van der Waals surface area contributed by atoms with Gasteiger partial charge in [-0.05, 0) is 76.3 Å². The Morgan fingerprint density at radius 2 is 1.76 bits per heavy atom. The molecule has 21 heavy (non-hydrogen) atoms. The summed E-state index contributed by atoms with van der Waals surface area (Å²) in [5, 5.41) is 3.04. The van der Waals surface area contributed by atoms with Gasteiger partial charge >= 0.3 is 0 Å². The van der Waals surface area contributed by atoms with Crippen LogP contribution in [-0.2, 0) is 9.84 Å². The molecule has 3 unspecified atom stereocenters. The third kappa shape index (κ3) is 5.55. The van der Waals surface area contributed by atoms with Crippen LogP contribution in [0.25, 0.3) is 0 Å². The van der Waals surface area contributed by atoms with E-state index in [4.69, 9.17) is 0 Å². The number of rotatable bonds is 6. The van der Waals surface area contributed by atoms with Crippen molar-refractivity contribution in [1.82, 2.24) is 5.32 Å². The lowest BCUT2D eigenvalue weighted by Gasteiger charge is -2.42. The molecule has 0 spiro atoms. The van der Waals surface area contributed by atoms with Gasteiger partial charge in [0.15, 0.2) is 9.84 Å². The maximum absolute atomic E-state index is 12.1. The fraction of sp³-hybridized carbons (Fsp3) is 1.00. The van der Waals surface area contributed by atoms with Gasteiger partial charge in [-0.1, -0.05) is 20.8 Å². The maximum Gasteiger partial charge on any atom is 0.152 e. The summed E-state index contributed by atoms with van der Waals surface area (Å²) in [4.78, 5) is 0. The number of hydrogen-bond acceptors (Lipinski definition) is 3. The Labute approximate surface area is 132 Å². The van der Waals surface area contributed by atoms with Crippen LogP contribution in [0, 0.1) is 23.2 Å². The molecule has 0 aliphatic heterocycles. The first-order valence-electron chi connectivity index (χ1n) is 8.44. The zero-order chi connectivity index (χ0) is 16.3. The Morgan fingerprint density at radius 1 is 1.14 bits per heavy atom. The summed E-state index contributed by atoms with van der Waals surface area (Å²) >= 11 is 0. The summed E-state index contributed by atoms with van der Waals surface area (Å²) < 4.78 is 24.2. The van der Waals surface area contributed by atoms with Gasteiger partial charge in [-0.3, -0.25) is 0 Å². The summed E-state index contributed by atoms with van der Waals surface area (Å²) in [6.07, 6.45) is 4.53. The molecule has 0 aromatic heterocycles. The maximum atomic E-state index is 12.1. The molecule has 1 rings (SSSR count). The van der Waals surface area contributed by atoms with Crippen molar-refractivity contribution in [1.29, 1.82) is 0 Å². The predicted octanol–water partition coefficient (Wildman–Crippen LogP) is 3.50. The molecule has 0 amide bonds. The molecule has 1 saturated carbocycles. The fourth-order valence-corrected chi connectivity index (χ4v) is 4.65. The fourth-order valence-electron chi connectivity index (χ4n) is 3.55. The second-order valence-electron chi connectivity index (χ2n) is 8.16. The van der Waals surface area contributed by atoms with E-state index in [1.54, 1.807) is 13.8 Å². The molecule has 1 aliphatic rings. The molecule has 1 aliphatic carbocycles. The first-order valence-corrected chi connectivity index (χ1v) is 10.2. The van der Waals surface area contributed by atoms with E-state index in [1.165, 1.54) is 19.3 Å². The topological polar surface area (TPSA) is 46.2 Å². The minimum Gasteiger partial charge on any atom is -0.319 e. The van der Waals surface area contributed by atoms with E-state index in [1.807, 2.05) is 7.05 Å². The van der Waals surface area contributed by atoms with Gasteiger partial charge < -0.3 is 5.32 Å². The van der Waals surface area contributed by atoms with Gasteiger partial charge in [-0.25, -0.2) is 8.42 Å². The normalized spacial score (nSPS) is 28.0. The van der Waals surface area contributed by atoms with E-state index in [-0.39, 0.29) is 5.25 Å². The highest BCUT2D eigenvalue weighted by molar-refractivity contribution is 7.91. The second kappa shape index (κ2) is 7.45. The third-order valence-electron chi connectivity index (χ3n) is 5.32. The van der Waals surface area contributed by atoms with E-state index in [9.17, 15) is 8.42 Å². The van der Waals surface area contributed by atoms with Crippen LogP contribution in [0.5, 0.6) is 0 Å². The molecule has 1 fully saturated rings. The quantitative estimate of drug-likeness (QED) is 0.815. The molecule has 0 bridgehead atoms. The van der Waals surface area contributed by atoms with E-state index in [2.05, 4.69) is 26.1 Å². The van der Waals surface area contributed by atoms with Crippen molar-refractivity contribution < 1.29 is 8.42 Å². The van der Waals surface area contributed by atoms with Crippen LogP contribution >= 0.6 is 0 Å². The van der Waals surface area contributed by atoms with Gasteiger partial charge in [0, 0.05) is 0 Å². The van der Waals surface area contributed by atoms with Gasteiger partial charge in [0.05, 0.1) is 11.0 Å². The zero-order valence-corrected chi connectivity index (χ0v) is 15.6. The average Bonchev–Trinajstić information content (AvgIpc) is 2.36. The Balaban J connectivity index is 2.72. The monoisotopic (exact) mass is 317 g/mol. The zero-order valence-electron chi connectivity index (χ0n) is 14.8. The minimum atomic E-state index is -2.91. The summed E-state index contributed by atoms with van der Waals surface area (Å²) in [6, 6.07) is 0. The summed E-state index contributed by atoms with van der Waals surface area (Å²) in [5.74, 6) is 2.25. The highest BCUT2D eigenvalue weighted by atomic mass is 32.2. The van der Waals surface area contributed by atoms with Crippen LogP contribution in [0.4, 0.5) is 0 Å². The van der Waals surface area contributed by atoms with Crippen molar-refractivity contribution in [2.24, 2.45) is 23.2 Å². The van der Waals surface area contributed by atoms with Crippen LogP contribution in [0.3, 0.4) is 0 Å². The SMILES string of the molecule is CNCC1CCC(C(C)(C)C)CC1CCS(=O)(=O)C(C)C. The van der Waals surface area contributed by atoms with Crippen LogP contribution in [0.2, 0.25) is 0 Å². The number of sulfone groups is 1. The minimum absolute atomic E-state index is 0.248. The van der Waals surface area contributed by atoms with E-state index >= 15 is 0 Å². The van der Waals surface area contributed by atoms with Crippen LogP contribution in [-0.4, -0.2) is 33.0 Å². The molecule has 0 aromatic carbocycles. The third-order valence-corrected chi connectivity index (χ3v) is 7.56. The van der Waals surface area contributed by atoms with Crippen molar-refractivity contribution >= 4 is 9.84 Å². The molecular formula is C17H35NO2S. The molecule has 0 radical (unpaired) electrons. The summed E-state index contributed by atoms with van der Waals surface area (Å²) in [7, 11) is -0.912. The predicted molar refractivity (Wildman–Crippen MR) is 91.2 cm³/mol. The first-order chi connectivity index (χ1) is 9.58. The standard InChI is InChI=1S/C17H35NO2S/c1-13(2)21(19,20)10-9-14-11-16(17(3,4)5)8-7-15(14)12-18-6/h13-16,18H,7-12H2,1-6H3. The lowest BCUT2D eigenvalue weighted by molar-refractivity contribution is 0.0963. The Morgan fingerprint density at radius 3 is 2.24 bits per heavy atom. The lowest BCUT2D eigenvalue weighted by atomic mass is 9.65. The van der Waals surface area contributed by atoms with E-state index in [0.717, 1.165) is 18.9 Å².